The van der Waals surface area contributed by atoms with Gasteiger partial charge in [-0.25, -0.2) is 0 Å². The summed E-state index contributed by atoms with van der Waals surface area (Å²) >= 11 is 7.87. The van der Waals surface area contributed by atoms with Crippen LogP contribution in [-0.2, 0) is 5.75 Å². The van der Waals surface area contributed by atoms with Crippen molar-refractivity contribution >= 4 is 23.4 Å². The van der Waals surface area contributed by atoms with E-state index in [1.165, 1.54) is 5.56 Å². The number of aromatic nitrogens is 3. The van der Waals surface area contributed by atoms with Gasteiger partial charge in [0, 0.05) is 16.5 Å². The van der Waals surface area contributed by atoms with E-state index in [1.807, 2.05) is 41.0 Å². The van der Waals surface area contributed by atoms with Crippen LogP contribution in [0.4, 0.5) is 0 Å². The summed E-state index contributed by atoms with van der Waals surface area (Å²) in [5, 5.41) is 10.3. The second-order valence-electron chi connectivity index (χ2n) is 5.83. The highest BCUT2D eigenvalue weighted by Gasteiger charge is 2.18. The fourth-order valence-electron chi connectivity index (χ4n) is 2.61. The molecule has 2 heterocycles. The van der Waals surface area contributed by atoms with Gasteiger partial charge in [-0.3, -0.25) is 4.57 Å². The van der Waals surface area contributed by atoms with Crippen molar-refractivity contribution in [1.82, 2.24) is 14.8 Å². The van der Waals surface area contributed by atoms with Crippen LogP contribution in [0.15, 0.2) is 76.5 Å². The van der Waals surface area contributed by atoms with E-state index in [2.05, 4.69) is 41.4 Å². The Labute approximate surface area is 160 Å². The molecule has 4 rings (SSSR count). The number of hydrogen-bond donors (Lipinski definition) is 0. The molecule has 4 nitrogen and oxygen atoms in total. The van der Waals surface area contributed by atoms with E-state index in [4.69, 9.17) is 16.0 Å². The molecule has 130 valence electrons. The quantitative estimate of drug-likeness (QED) is 0.411. The van der Waals surface area contributed by atoms with Crippen molar-refractivity contribution < 1.29 is 4.42 Å². The number of hydrogen-bond acceptors (Lipinski definition) is 4. The summed E-state index contributed by atoms with van der Waals surface area (Å²) in [4.78, 5) is 0. The van der Waals surface area contributed by atoms with Crippen LogP contribution in [-0.4, -0.2) is 14.8 Å². The summed E-state index contributed by atoms with van der Waals surface area (Å²) in [6, 6.07) is 19.8. The van der Waals surface area contributed by atoms with Crippen molar-refractivity contribution in [1.29, 1.82) is 0 Å². The first-order valence-electron chi connectivity index (χ1n) is 8.15. The van der Waals surface area contributed by atoms with Gasteiger partial charge in [-0.15, -0.1) is 10.2 Å². The molecule has 0 aliphatic rings. The minimum Gasteiger partial charge on any atom is -0.461 e. The Bertz CT molecular complexity index is 1010. The zero-order valence-corrected chi connectivity index (χ0v) is 15.7. The van der Waals surface area contributed by atoms with E-state index in [9.17, 15) is 0 Å². The summed E-state index contributed by atoms with van der Waals surface area (Å²) in [5.74, 6) is 2.07. The van der Waals surface area contributed by atoms with E-state index in [1.54, 1.807) is 18.0 Å². The van der Waals surface area contributed by atoms with E-state index in [-0.39, 0.29) is 0 Å². The van der Waals surface area contributed by atoms with Gasteiger partial charge in [0.25, 0.3) is 0 Å². The van der Waals surface area contributed by atoms with Crippen molar-refractivity contribution in [3.05, 3.63) is 83.1 Å². The Kier molecular flexibility index (Phi) is 4.82. The zero-order chi connectivity index (χ0) is 17.9. The maximum absolute atomic E-state index is 6.28. The van der Waals surface area contributed by atoms with Crippen molar-refractivity contribution in [2.24, 2.45) is 0 Å². The first kappa shape index (κ1) is 16.9. The van der Waals surface area contributed by atoms with Crippen LogP contribution >= 0.6 is 23.4 Å². The van der Waals surface area contributed by atoms with Gasteiger partial charge in [0.2, 0.25) is 5.82 Å². The van der Waals surface area contributed by atoms with Gasteiger partial charge in [0.1, 0.15) is 0 Å². The molecule has 0 saturated carbocycles. The second kappa shape index (κ2) is 7.40. The van der Waals surface area contributed by atoms with Crippen LogP contribution in [0.2, 0.25) is 5.02 Å². The summed E-state index contributed by atoms with van der Waals surface area (Å²) in [5.41, 5.74) is 3.26. The summed E-state index contributed by atoms with van der Waals surface area (Å²) in [6.45, 7) is 2.07. The predicted octanol–water partition coefficient (Wildman–Crippen LogP) is 5.78. The lowest BCUT2D eigenvalue weighted by molar-refractivity contribution is 0.575. The molecule has 0 bridgehead atoms. The van der Waals surface area contributed by atoms with Crippen molar-refractivity contribution in [2.75, 3.05) is 0 Å². The highest BCUT2D eigenvalue weighted by molar-refractivity contribution is 7.98. The van der Waals surface area contributed by atoms with Crippen LogP contribution in [0.3, 0.4) is 0 Å². The molecule has 26 heavy (non-hydrogen) atoms. The Hall–Kier alpha value is -2.50. The molecule has 2 aromatic heterocycles. The van der Waals surface area contributed by atoms with Crippen LogP contribution in [0, 0.1) is 6.92 Å². The summed E-state index contributed by atoms with van der Waals surface area (Å²) < 4.78 is 7.56. The van der Waals surface area contributed by atoms with Crippen molar-refractivity contribution in [3.63, 3.8) is 0 Å². The third-order valence-corrected chi connectivity index (χ3v) is 5.33. The molecule has 0 amide bonds. The average Bonchev–Trinajstić information content (AvgIpc) is 3.31. The predicted molar refractivity (Wildman–Crippen MR) is 105 cm³/mol. The lowest BCUT2D eigenvalue weighted by Crippen LogP contribution is -1.99. The van der Waals surface area contributed by atoms with Gasteiger partial charge in [0.15, 0.2) is 10.9 Å². The van der Waals surface area contributed by atoms with E-state index in [0.29, 0.717) is 17.3 Å². The molecule has 6 heteroatoms. The first-order chi connectivity index (χ1) is 12.7. The topological polar surface area (TPSA) is 43.9 Å². The van der Waals surface area contributed by atoms with Gasteiger partial charge >= 0.3 is 0 Å². The number of benzene rings is 2. The van der Waals surface area contributed by atoms with Crippen LogP contribution in [0.25, 0.3) is 17.3 Å². The second-order valence-corrected chi connectivity index (χ2v) is 7.18. The normalized spacial score (nSPS) is 11.0. The van der Waals surface area contributed by atoms with E-state index < -0.39 is 0 Å². The molecule has 0 radical (unpaired) electrons. The zero-order valence-electron chi connectivity index (χ0n) is 14.1. The lowest BCUT2D eigenvalue weighted by Gasteiger charge is -2.10. The molecule has 0 saturated heterocycles. The Balaban J connectivity index is 1.72. The lowest BCUT2D eigenvalue weighted by atomic mass is 10.2. The molecule has 0 unspecified atom stereocenters. The molecule has 0 aliphatic carbocycles. The Morgan fingerprint density at radius 1 is 1.00 bits per heavy atom. The smallest absolute Gasteiger partial charge is 0.205 e. The highest BCUT2D eigenvalue weighted by atomic mass is 35.5. The van der Waals surface area contributed by atoms with Crippen LogP contribution in [0.1, 0.15) is 11.1 Å². The maximum Gasteiger partial charge on any atom is 0.205 e. The van der Waals surface area contributed by atoms with Gasteiger partial charge < -0.3 is 4.42 Å². The first-order valence-corrected chi connectivity index (χ1v) is 9.51. The third-order valence-electron chi connectivity index (χ3n) is 3.98. The van der Waals surface area contributed by atoms with E-state index in [0.717, 1.165) is 21.4 Å². The van der Waals surface area contributed by atoms with Crippen LogP contribution in [0.5, 0.6) is 0 Å². The SMILES string of the molecule is Cc1ccc(-n2c(SCc3ccccc3Cl)nnc2-c2ccco2)cc1. The standard InChI is InChI=1S/C20H16ClN3OS/c1-14-8-10-16(11-9-14)24-19(18-7-4-12-25-18)22-23-20(24)26-13-15-5-2-3-6-17(15)21/h2-12H,13H2,1H3. The third kappa shape index (κ3) is 3.41. The van der Waals surface area contributed by atoms with Gasteiger partial charge in [-0.05, 0) is 42.8 Å². The van der Waals surface area contributed by atoms with Crippen molar-refractivity contribution in [3.8, 4) is 17.3 Å². The Morgan fingerprint density at radius 3 is 2.54 bits per heavy atom. The maximum atomic E-state index is 6.28. The number of aryl methyl sites for hydroxylation is 1. The molecule has 0 atom stereocenters. The van der Waals surface area contributed by atoms with Crippen LogP contribution < -0.4 is 0 Å². The molecular formula is C20H16ClN3OS. The summed E-state index contributed by atoms with van der Waals surface area (Å²) in [6.07, 6.45) is 1.64. The minimum absolute atomic E-state index is 0.681. The fourth-order valence-corrected chi connectivity index (χ4v) is 3.85. The molecular weight excluding hydrogens is 366 g/mol. The molecule has 0 aliphatic heterocycles. The minimum atomic E-state index is 0.681. The number of furan rings is 1. The largest absolute Gasteiger partial charge is 0.461 e. The number of nitrogens with zero attached hydrogens (tertiary/aromatic N) is 3. The number of halogens is 1. The monoisotopic (exact) mass is 381 g/mol. The average molecular weight is 382 g/mol. The van der Waals surface area contributed by atoms with Gasteiger partial charge in [-0.1, -0.05) is 59.3 Å². The fraction of sp³-hybridized carbons (Fsp3) is 0.100. The number of thioether (sulfide) groups is 1. The summed E-state index contributed by atoms with van der Waals surface area (Å²) in [7, 11) is 0. The molecule has 2 aromatic carbocycles. The molecule has 0 fully saturated rings. The Morgan fingerprint density at radius 2 is 1.81 bits per heavy atom. The molecule has 0 spiro atoms. The molecule has 0 N–H and O–H groups in total. The van der Waals surface area contributed by atoms with Gasteiger partial charge in [0.05, 0.1) is 6.26 Å². The molecule has 4 aromatic rings. The van der Waals surface area contributed by atoms with E-state index >= 15 is 0 Å². The van der Waals surface area contributed by atoms with Gasteiger partial charge in [-0.2, -0.15) is 0 Å². The number of rotatable bonds is 5. The van der Waals surface area contributed by atoms with Crippen molar-refractivity contribution in [2.45, 2.75) is 17.8 Å². The highest BCUT2D eigenvalue weighted by Crippen LogP contribution is 2.31.